The third-order valence-electron chi connectivity index (χ3n) is 9.50. The molecule has 6 heteroatoms. The number of carbonyl (C=O) groups excluding carboxylic acids is 2. The summed E-state index contributed by atoms with van der Waals surface area (Å²) >= 11 is 0. The number of hydrogen-bond donors (Lipinski definition) is 0. The van der Waals surface area contributed by atoms with Crippen LogP contribution in [-0.4, -0.2) is 58.6 Å². The summed E-state index contributed by atoms with van der Waals surface area (Å²) in [5.74, 6) is -0.0495. The molecule has 2 rings (SSSR count). The van der Waals surface area contributed by atoms with Crippen molar-refractivity contribution in [3.63, 3.8) is 0 Å². The number of amides is 2. The Balaban J connectivity index is 0. The Bertz CT molecular complexity index is 676. The van der Waals surface area contributed by atoms with E-state index in [4.69, 9.17) is 0 Å². The number of unbranched alkanes of at least 4 members (excludes halogenated alkanes) is 20. The molecule has 2 heterocycles. The fourth-order valence-electron chi connectivity index (χ4n) is 6.60. The fraction of sp³-hybridized carbons (Fsp3) is 0.951. The number of nitrogens with zero attached hydrogens (tertiary/aromatic N) is 2. The second kappa shape index (κ2) is 32.0. The molecule has 0 saturated carbocycles. The molecule has 4 nitrogen and oxygen atoms in total. The molecule has 2 amide bonds. The van der Waals surface area contributed by atoms with Gasteiger partial charge >= 0.3 is 0 Å². The molecule has 2 aliphatic rings. The molecule has 0 aromatic heterocycles. The first-order valence-electron chi connectivity index (χ1n) is 20.2. The quantitative estimate of drug-likeness (QED) is 0.121. The van der Waals surface area contributed by atoms with Gasteiger partial charge in [0.1, 0.15) is 11.8 Å². The van der Waals surface area contributed by atoms with Gasteiger partial charge in [-0.1, -0.05) is 169 Å². The average Bonchev–Trinajstić information content (AvgIpc) is 3.51. The summed E-state index contributed by atoms with van der Waals surface area (Å²) in [6.45, 7) is 17.9. The number of likely N-dealkylation sites (tertiary alicyclic amines) is 2. The Morgan fingerprint density at radius 2 is 0.872 bits per heavy atom. The van der Waals surface area contributed by atoms with Crippen LogP contribution in [0.25, 0.3) is 0 Å². The SMILES string of the molecule is CC(=O)N1CC(C)(F)C[C@H]1C.CC(=O)N1CC(F)C[C@H]1C.CCCCCCCCCCCCC.CCCCCCCCCCCCC. The lowest BCUT2D eigenvalue weighted by atomic mass is 10.1. The van der Waals surface area contributed by atoms with Crippen molar-refractivity contribution in [1.82, 2.24) is 9.80 Å². The lowest BCUT2D eigenvalue weighted by molar-refractivity contribution is -0.130. The summed E-state index contributed by atoms with van der Waals surface area (Å²) in [7, 11) is 0. The molecular weight excluding hydrogens is 590 g/mol. The van der Waals surface area contributed by atoms with Crippen molar-refractivity contribution in [2.45, 2.75) is 240 Å². The van der Waals surface area contributed by atoms with Crippen LogP contribution in [0.3, 0.4) is 0 Å². The maximum atomic E-state index is 13.3. The molecule has 0 radical (unpaired) electrons. The van der Waals surface area contributed by atoms with Gasteiger partial charge in [-0.3, -0.25) is 9.59 Å². The van der Waals surface area contributed by atoms with Gasteiger partial charge in [0, 0.05) is 38.8 Å². The Morgan fingerprint density at radius 3 is 1.02 bits per heavy atom. The van der Waals surface area contributed by atoms with Crippen LogP contribution >= 0.6 is 0 Å². The molecule has 2 aliphatic heterocycles. The van der Waals surface area contributed by atoms with E-state index in [1.165, 1.54) is 155 Å². The minimum absolute atomic E-state index is 0.0207. The maximum absolute atomic E-state index is 13.3. The highest BCUT2D eigenvalue weighted by Crippen LogP contribution is 2.29. The van der Waals surface area contributed by atoms with Gasteiger partial charge in [-0.05, 0) is 20.8 Å². The third-order valence-corrected chi connectivity index (χ3v) is 9.50. The molecular formula is C41H82F2N2O2. The van der Waals surface area contributed by atoms with Crippen molar-refractivity contribution in [2.24, 2.45) is 0 Å². The lowest BCUT2D eigenvalue weighted by Gasteiger charge is -2.18. The molecule has 2 fully saturated rings. The molecule has 0 aromatic carbocycles. The van der Waals surface area contributed by atoms with E-state index >= 15 is 0 Å². The Kier molecular flexibility index (Phi) is 32.7. The molecule has 47 heavy (non-hydrogen) atoms. The van der Waals surface area contributed by atoms with E-state index in [1.807, 2.05) is 13.8 Å². The van der Waals surface area contributed by atoms with Crippen LogP contribution in [-0.2, 0) is 9.59 Å². The van der Waals surface area contributed by atoms with Gasteiger partial charge in [-0.2, -0.15) is 0 Å². The predicted octanol–water partition coefficient (Wildman–Crippen LogP) is 13.0. The van der Waals surface area contributed by atoms with Crippen LogP contribution in [0, 0.1) is 0 Å². The Hall–Kier alpha value is -1.20. The van der Waals surface area contributed by atoms with Crippen LogP contribution < -0.4 is 0 Å². The predicted molar refractivity (Wildman–Crippen MR) is 202 cm³/mol. The largest absolute Gasteiger partial charge is 0.337 e. The molecule has 2 unspecified atom stereocenters. The molecule has 0 spiro atoms. The second-order valence-electron chi connectivity index (χ2n) is 14.8. The maximum Gasteiger partial charge on any atom is 0.219 e. The topological polar surface area (TPSA) is 40.6 Å². The minimum atomic E-state index is -1.18. The van der Waals surface area contributed by atoms with E-state index in [2.05, 4.69) is 27.7 Å². The number of alkyl halides is 2. The second-order valence-corrected chi connectivity index (χ2v) is 14.8. The number of hydrogen-bond acceptors (Lipinski definition) is 2. The van der Waals surface area contributed by atoms with Crippen molar-refractivity contribution < 1.29 is 18.4 Å². The van der Waals surface area contributed by atoms with E-state index in [-0.39, 0.29) is 37.0 Å². The van der Waals surface area contributed by atoms with Crippen LogP contribution in [0.15, 0.2) is 0 Å². The smallest absolute Gasteiger partial charge is 0.219 e. The summed E-state index contributed by atoms with van der Waals surface area (Å²) < 4.78 is 25.9. The van der Waals surface area contributed by atoms with Crippen molar-refractivity contribution in [3.05, 3.63) is 0 Å². The highest BCUT2D eigenvalue weighted by molar-refractivity contribution is 5.74. The van der Waals surface area contributed by atoms with Gasteiger partial charge < -0.3 is 9.80 Å². The number of halogens is 2. The van der Waals surface area contributed by atoms with Crippen LogP contribution in [0.4, 0.5) is 8.78 Å². The molecule has 0 bridgehead atoms. The van der Waals surface area contributed by atoms with Crippen LogP contribution in [0.2, 0.25) is 0 Å². The normalized spacial score (nSPS) is 21.7. The van der Waals surface area contributed by atoms with Gasteiger partial charge in [-0.25, -0.2) is 8.78 Å². The van der Waals surface area contributed by atoms with Crippen molar-refractivity contribution in [2.75, 3.05) is 13.1 Å². The first-order chi connectivity index (χ1) is 22.4. The van der Waals surface area contributed by atoms with Crippen molar-refractivity contribution in [3.8, 4) is 0 Å². The number of rotatable bonds is 20. The van der Waals surface area contributed by atoms with Crippen LogP contribution in [0.5, 0.6) is 0 Å². The highest BCUT2D eigenvalue weighted by Gasteiger charge is 2.39. The van der Waals surface area contributed by atoms with Gasteiger partial charge in [0.25, 0.3) is 0 Å². The first-order valence-corrected chi connectivity index (χ1v) is 20.2. The Morgan fingerprint density at radius 1 is 0.574 bits per heavy atom. The number of carbonyl (C=O) groups is 2. The molecule has 0 N–H and O–H groups in total. The molecule has 0 aliphatic carbocycles. The van der Waals surface area contributed by atoms with E-state index in [9.17, 15) is 18.4 Å². The summed E-state index contributed by atoms with van der Waals surface area (Å²) in [4.78, 5) is 24.8. The van der Waals surface area contributed by atoms with Gasteiger partial charge in [-0.15, -0.1) is 0 Å². The summed E-state index contributed by atoms with van der Waals surface area (Å²) in [5, 5.41) is 0. The fourth-order valence-corrected chi connectivity index (χ4v) is 6.60. The van der Waals surface area contributed by atoms with Crippen molar-refractivity contribution >= 4 is 11.8 Å². The average molecular weight is 673 g/mol. The minimum Gasteiger partial charge on any atom is -0.337 e. The van der Waals surface area contributed by atoms with Gasteiger partial charge in [0.15, 0.2) is 0 Å². The first kappa shape index (κ1) is 47.9. The van der Waals surface area contributed by atoms with Gasteiger partial charge in [0.2, 0.25) is 11.8 Å². The van der Waals surface area contributed by atoms with E-state index in [0.29, 0.717) is 12.8 Å². The summed E-state index contributed by atoms with van der Waals surface area (Å²) in [5.41, 5.74) is -1.18. The lowest BCUT2D eigenvalue weighted by Crippen LogP contribution is -2.33. The summed E-state index contributed by atoms with van der Waals surface area (Å²) in [6, 6.07) is 0.148. The Labute approximate surface area is 293 Å². The molecule has 2 saturated heterocycles. The zero-order chi connectivity index (χ0) is 35.9. The van der Waals surface area contributed by atoms with Gasteiger partial charge in [0.05, 0.1) is 13.1 Å². The summed E-state index contributed by atoms with van der Waals surface area (Å²) in [6.07, 6.45) is 32.0. The third kappa shape index (κ3) is 29.4. The standard InChI is InChI=1S/2C13H28.C8H14FNO.C7H12FNO/c2*1-3-5-7-9-11-13-12-10-8-6-4-2;1-6-4-8(3,9)5-10(6)7(2)11;1-5-3-7(8)4-9(5)6(2)10/h2*3-13H2,1-2H3;6H,4-5H2,1-3H3;5,7H,3-4H2,1-2H3/t;;6-,8?;5-,7?/m..11/s1. The van der Waals surface area contributed by atoms with E-state index < -0.39 is 11.8 Å². The molecule has 4 atom stereocenters. The van der Waals surface area contributed by atoms with E-state index in [1.54, 1.807) is 16.7 Å². The van der Waals surface area contributed by atoms with E-state index in [0.717, 1.165) is 0 Å². The zero-order valence-electron chi connectivity index (χ0n) is 33.1. The van der Waals surface area contributed by atoms with Crippen LogP contribution in [0.1, 0.15) is 216 Å². The monoisotopic (exact) mass is 673 g/mol. The highest BCUT2D eigenvalue weighted by atomic mass is 19.1. The van der Waals surface area contributed by atoms with Crippen molar-refractivity contribution in [1.29, 1.82) is 0 Å². The zero-order valence-corrected chi connectivity index (χ0v) is 33.1. The molecule has 282 valence electrons. The molecule has 0 aromatic rings.